The van der Waals surface area contributed by atoms with E-state index in [4.69, 9.17) is 4.52 Å². The maximum absolute atomic E-state index is 12.1. The van der Waals surface area contributed by atoms with E-state index in [-0.39, 0.29) is 18.4 Å². The predicted octanol–water partition coefficient (Wildman–Crippen LogP) is 2.42. The van der Waals surface area contributed by atoms with Gasteiger partial charge >= 0.3 is 6.03 Å². The summed E-state index contributed by atoms with van der Waals surface area (Å²) >= 11 is 0. The average molecular weight is 461 g/mol. The van der Waals surface area contributed by atoms with Gasteiger partial charge in [0.1, 0.15) is 11.6 Å². The Bertz CT molecular complexity index is 1190. The number of hydrogen-bond acceptors (Lipinski definition) is 9. The molecule has 170 valence electrons. The number of urea groups is 1. The number of nitrogens with one attached hydrogen (secondary N) is 3. The van der Waals surface area contributed by atoms with E-state index in [1.807, 2.05) is 0 Å². The molecule has 11 nitrogen and oxygen atoms in total. The molecule has 0 saturated carbocycles. The number of nitrogens with zero attached hydrogens (tertiary/aromatic N) is 3. The van der Waals surface area contributed by atoms with Gasteiger partial charge in [-0.3, -0.25) is 5.32 Å². The van der Waals surface area contributed by atoms with Crippen molar-refractivity contribution in [3.63, 3.8) is 0 Å². The molecule has 1 unspecified atom stereocenters. The topological polar surface area (TPSA) is 159 Å². The van der Waals surface area contributed by atoms with Crippen molar-refractivity contribution >= 4 is 33.2 Å². The quantitative estimate of drug-likeness (QED) is 0.396. The van der Waals surface area contributed by atoms with Crippen LogP contribution in [0.15, 0.2) is 40.9 Å². The maximum Gasteiger partial charge on any atom is 0.324 e. The highest BCUT2D eigenvalue weighted by atomic mass is 32.2. The molecule has 0 radical (unpaired) electrons. The average Bonchev–Trinajstić information content (AvgIpc) is 3.11. The Morgan fingerprint density at radius 3 is 2.44 bits per heavy atom. The fraction of sp³-hybridized carbons (Fsp3) is 0.300. The van der Waals surface area contributed by atoms with Gasteiger partial charge < -0.3 is 20.3 Å². The van der Waals surface area contributed by atoms with Crippen LogP contribution < -0.4 is 16.0 Å². The van der Waals surface area contributed by atoms with Gasteiger partial charge in [0.05, 0.1) is 18.1 Å². The summed E-state index contributed by atoms with van der Waals surface area (Å²) in [5, 5.41) is 21.2. The Labute approximate surface area is 185 Å². The molecule has 2 aromatic heterocycles. The summed E-state index contributed by atoms with van der Waals surface area (Å²) in [7, 11) is -3.31. The van der Waals surface area contributed by atoms with Crippen LogP contribution in [0, 0.1) is 6.92 Å². The fourth-order valence-electron chi connectivity index (χ4n) is 2.75. The van der Waals surface area contributed by atoms with Crippen LogP contribution >= 0.6 is 0 Å². The van der Waals surface area contributed by atoms with E-state index in [0.29, 0.717) is 40.2 Å². The number of benzene rings is 1. The number of carbonyl (C=O) groups is 1. The third-order valence-electron chi connectivity index (χ3n) is 4.13. The predicted molar refractivity (Wildman–Crippen MR) is 120 cm³/mol. The Balaban J connectivity index is 1.79. The zero-order valence-electron chi connectivity index (χ0n) is 17.8. The molecule has 0 aliphatic carbocycles. The van der Waals surface area contributed by atoms with Crippen molar-refractivity contribution in [2.24, 2.45) is 0 Å². The van der Waals surface area contributed by atoms with Crippen molar-refractivity contribution in [1.29, 1.82) is 0 Å². The highest BCUT2D eigenvalue weighted by Crippen LogP contribution is 2.22. The molecule has 2 amide bonds. The van der Waals surface area contributed by atoms with Gasteiger partial charge in [-0.2, -0.15) is 0 Å². The van der Waals surface area contributed by atoms with E-state index in [0.717, 1.165) is 6.26 Å². The van der Waals surface area contributed by atoms with Gasteiger partial charge in [0.2, 0.25) is 0 Å². The van der Waals surface area contributed by atoms with Gasteiger partial charge in [0.15, 0.2) is 21.5 Å². The van der Waals surface area contributed by atoms with Crippen LogP contribution in [-0.2, 0) is 15.6 Å². The molecule has 0 aliphatic heterocycles. The molecule has 3 rings (SSSR count). The number of aliphatic hydroxyl groups is 1. The van der Waals surface area contributed by atoms with Crippen molar-refractivity contribution in [2.75, 3.05) is 28.8 Å². The molecule has 32 heavy (non-hydrogen) atoms. The minimum absolute atomic E-state index is 0.114. The summed E-state index contributed by atoms with van der Waals surface area (Å²) in [6.07, 6.45) is 1.13. The smallest absolute Gasteiger partial charge is 0.324 e. The molecule has 3 aromatic rings. The van der Waals surface area contributed by atoms with Crippen molar-refractivity contribution in [3.05, 3.63) is 47.9 Å². The number of anilines is 3. The number of hydrogen-bond donors (Lipinski definition) is 4. The third kappa shape index (κ3) is 6.75. The Morgan fingerprint density at radius 2 is 1.84 bits per heavy atom. The molecular weight excluding hydrogens is 436 g/mol. The molecule has 0 spiro atoms. The van der Waals surface area contributed by atoms with Crippen LogP contribution in [0.3, 0.4) is 0 Å². The van der Waals surface area contributed by atoms with E-state index in [1.54, 1.807) is 50.2 Å². The first-order valence-electron chi connectivity index (χ1n) is 9.66. The van der Waals surface area contributed by atoms with Crippen LogP contribution in [0.1, 0.15) is 18.4 Å². The highest BCUT2D eigenvalue weighted by Gasteiger charge is 2.13. The zero-order chi connectivity index (χ0) is 23.3. The molecule has 0 aliphatic rings. The summed E-state index contributed by atoms with van der Waals surface area (Å²) < 4.78 is 28.4. The molecule has 12 heteroatoms. The molecule has 1 aromatic carbocycles. The van der Waals surface area contributed by atoms with Crippen LogP contribution in [-0.4, -0.2) is 53.6 Å². The molecule has 2 heterocycles. The van der Waals surface area contributed by atoms with Crippen molar-refractivity contribution in [1.82, 2.24) is 15.1 Å². The number of aliphatic hydroxyl groups excluding tert-OH is 1. The van der Waals surface area contributed by atoms with E-state index >= 15 is 0 Å². The fourth-order valence-corrected chi connectivity index (χ4v) is 3.43. The van der Waals surface area contributed by atoms with E-state index in [2.05, 4.69) is 31.1 Å². The highest BCUT2D eigenvalue weighted by molar-refractivity contribution is 7.89. The minimum Gasteiger partial charge on any atom is -0.394 e. The maximum atomic E-state index is 12.1. The zero-order valence-corrected chi connectivity index (χ0v) is 18.6. The number of aromatic nitrogens is 3. The first-order chi connectivity index (χ1) is 15.1. The van der Waals surface area contributed by atoms with Crippen LogP contribution in [0.25, 0.3) is 11.4 Å². The Hall–Kier alpha value is -3.51. The van der Waals surface area contributed by atoms with Crippen LogP contribution in [0.5, 0.6) is 0 Å². The Morgan fingerprint density at radius 1 is 1.12 bits per heavy atom. The molecule has 0 saturated heterocycles. The lowest BCUT2D eigenvalue weighted by atomic mass is 10.2. The van der Waals surface area contributed by atoms with Gasteiger partial charge in [-0.1, -0.05) is 5.16 Å². The van der Waals surface area contributed by atoms with Crippen molar-refractivity contribution in [3.8, 4) is 11.4 Å². The van der Waals surface area contributed by atoms with E-state index in [9.17, 15) is 18.3 Å². The number of sulfone groups is 1. The second kappa shape index (κ2) is 9.75. The van der Waals surface area contributed by atoms with Crippen LogP contribution in [0.4, 0.5) is 22.1 Å². The first-order valence-corrected chi connectivity index (χ1v) is 11.7. The van der Waals surface area contributed by atoms with Gasteiger partial charge in [0, 0.05) is 35.7 Å². The van der Waals surface area contributed by atoms with Gasteiger partial charge in [-0.25, -0.2) is 23.2 Å². The van der Waals surface area contributed by atoms with Gasteiger partial charge in [0.25, 0.3) is 0 Å². The summed E-state index contributed by atoms with van der Waals surface area (Å²) in [4.78, 5) is 20.9. The normalized spacial score (nSPS) is 12.2. The second-order valence-electron chi connectivity index (χ2n) is 7.35. The minimum atomic E-state index is -3.31. The van der Waals surface area contributed by atoms with Crippen LogP contribution in [0.2, 0.25) is 0 Å². The molecular formula is C20H24N6O5S. The number of rotatable bonds is 8. The molecule has 0 bridgehead atoms. The molecule has 0 fully saturated rings. The SMILES string of the molecule is Cc1cc(NC(=O)Nc2ccc(-c3nc(CS(C)(=O)=O)cc(NC(C)CO)n3)cc2)no1. The third-order valence-corrected chi connectivity index (χ3v) is 4.95. The summed E-state index contributed by atoms with van der Waals surface area (Å²) in [5.74, 6) is 1.34. The standard InChI is InChI=1S/C20H24N6O5S/c1-12(10-27)21-17-9-16(11-32(3,29)30)22-19(24-17)14-4-6-15(7-5-14)23-20(28)25-18-8-13(2)31-26-18/h4-9,12,27H,10-11H2,1-3H3,(H,21,22,24)(H2,23,25,26,28). The lowest BCUT2D eigenvalue weighted by Gasteiger charge is -2.14. The largest absolute Gasteiger partial charge is 0.394 e. The number of carbonyl (C=O) groups excluding carboxylic acids is 1. The lowest BCUT2D eigenvalue weighted by Crippen LogP contribution is -2.20. The van der Waals surface area contributed by atoms with E-state index < -0.39 is 15.9 Å². The molecule has 4 N–H and O–H groups in total. The summed E-state index contributed by atoms with van der Waals surface area (Å²) in [6, 6.07) is 9.11. The number of amides is 2. The van der Waals surface area contributed by atoms with Crippen molar-refractivity contribution in [2.45, 2.75) is 25.6 Å². The summed E-state index contributed by atoms with van der Waals surface area (Å²) in [5.41, 5.74) is 1.47. The monoisotopic (exact) mass is 460 g/mol. The first kappa shape index (κ1) is 23.2. The lowest BCUT2D eigenvalue weighted by molar-refractivity contribution is 0.262. The van der Waals surface area contributed by atoms with Gasteiger partial charge in [-0.15, -0.1) is 0 Å². The summed E-state index contributed by atoms with van der Waals surface area (Å²) in [6.45, 7) is 3.37. The molecule has 1 atom stereocenters. The van der Waals surface area contributed by atoms with Gasteiger partial charge in [-0.05, 0) is 38.1 Å². The Kier molecular flexibility index (Phi) is 7.05. The van der Waals surface area contributed by atoms with Crippen molar-refractivity contribution < 1.29 is 22.8 Å². The van der Waals surface area contributed by atoms with E-state index in [1.165, 1.54) is 0 Å². The number of aryl methyl sites for hydroxylation is 1. The second-order valence-corrected chi connectivity index (χ2v) is 9.49.